The van der Waals surface area contributed by atoms with Gasteiger partial charge in [-0.1, -0.05) is 30.9 Å². The molecule has 0 aromatic carbocycles. The molecule has 122 valence electrons. The number of nitrogens with one attached hydrogen (secondary N) is 1. The van der Waals surface area contributed by atoms with Gasteiger partial charge in [-0.3, -0.25) is 4.90 Å². The number of halogens is 1. The third-order valence-electron chi connectivity index (χ3n) is 4.78. The van der Waals surface area contributed by atoms with Gasteiger partial charge in [-0.2, -0.15) is 4.98 Å². The Hall–Kier alpha value is -1.11. The molecule has 0 radical (unpaired) electrons. The molecule has 2 heterocycles. The fourth-order valence-electron chi connectivity index (χ4n) is 3.63. The van der Waals surface area contributed by atoms with Crippen LogP contribution in [0.1, 0.15) is 32.1 Å². The molecule has 7 heteroatoms. The van der Waals surface area contributed by atoms with Gasteiger partial charge in [0.05, 0.1) is 13.2 Å². The maximum absolute atomic E-state index is 5.96. The molecule has 2 aliphatic rings. The average Bonchev–Trinajstić information content (AvgIpc) is 2.54. The Morgan fingerprint density at radius 3 is 2.64 bits per heavy atom. The maximum Gasteiger partial charge on any atom is 0.223 e. The van der Waals surface area contributed by atoms with Gasteiger partial charge in [0.1, 0.15) is 11.0 Å². The van der Waals surface area contributed by atoms with Crippen LogP contribution in [0.3, 0.4) is 0 Å². The monoisotopic (exact) mass is 325 g/mol. The maximum atomic E-state index is 5.96. The predicted octanol–water partition coefficient (Wildman–Crippen LogP) is 2.16. The minimum Gasteiger partial charge on any atom is -0.379 e. The summed E-state index contributed by atoms with van der Waals surface area (Å²) < 4.78 is 5.51. The van der Waals surface area contributed by atoms with E-state index >= 15 is 0 Å². The molecular formula is C15H24ClN5O. The summed E-state index contributed by atoms with van der Waals surface area (Å²) in [6, 6.07) is 1.73. The lowest BCUT2D eigenvalue weighted by molar-refractivity contribution is -0.0318. The minimum absolute atomic E-state index is 0.189. The molecule has 1 aliphatic heterocycles. The molecular weight excluding hydrogens is 302 g/mol. The van der Waals surface area contributed by atoms with Crippen LogP contribution < -0.4 is 11.1 Å². The largest absolute Gasteiger partial charge is 0.379 e. The molecule has 1 aliphatic carbocycles. The molecule has 0 amide bonds. The average molecular weight is 326 g/mol. The van der Waals surface area contributed by atoms with E-state index in [9.17, 15) is 0 Å². The van der Waals surface area contributed by atoms with Gasteiger partial charge >= 0.3 is 0 Å². The topological polar surface area (TPSA) is 76.3 Å². The van der Waals surface area contributed by atoms with Crippen molar-refractivity contribution in [3.63, 3.8) is 0 Å². The van der Waals surface area contributed by atoms with Crippen molar-refractivity contribution in [2.45, 2.75) is 37.6 Å². The van der Waals surface area contributed by atoms with Crippen molar-refractivity contribution in [3.05, 3.63) is 11.2 Å². The van der Waals surface area contributed by atoms with Crippen LogP contribution in [-0.2, 0) is 4.74 Å². The molecule has 0 unspecified atom stereocenters. The van der Waals surface area contributed by atoms with Crippen LogP contribution in [0.5, 0.6) is 0 Å². The SMILES string of the molecule is Nc1nc(Cl)cc(NCC2(N3CCOCC3)CCCCC2)n1. The zero-order valence-electron chi connectivity index (χ0n) is 12.9. The second-order valence-electron chi connectivity index (χ2n) is 6.17. The van der Waals surface area contributed by atoms with E-state index in [1.807, 2.05) is 0 Å². The van der Waals surface area contributed by atoms with E-state index in [0.717, 1.165) is 32.8 Å². The summed E-state index contributed by atoms with van der Waals surface area (Å²) in [5, 5.41) is 3.81. The summed E-state index contributed by atoms with van der Waals surface area (Å²) in [4.78, 5) is 10.7. The Morgan fingerprint density at radius 2 is 1.95 bits per heavy atom. The quantitative estimate of drug-likeness (QED) is 0.826. The normalized spacial score (nSPS) is 22.4. The predicted molar refractivity (Wildman–Crippen MR) is 88.2 cm³/mol. The van der Waals surface area contributed by atoms with Crippen molar-refractivity contribution in [1.82, 2.24) is 14.9 Å². The number of hydrogen-bond acceptors (Lipinski definition) is 6. The highest BCUT2D eigenvalue weighted by Gasteiger charge is 2.38. The molecule has 22 heavy (non-hydrogen) atoms. The van der Waals surface area contributed by atoms with Crippen molar-refractivity contribution in [3.8, 4) is 0 Å². The zero-order chi connectivity index (χ0) is 15.4. The summed E-state index contributed by atoms with van der Waals surface area (Å²) in [7, 11) is 0. The molecule has 1 aromatic rings. The second-order valence-corrected chi connectivity index (χ2v) is 6.56. The molecule has 2 fully saturated rings. The second kappa shape index (κ2) is 6.98. The lowest BCUT2D eigenvalue weighted by atomic mass is 9.79. The lowest BCUT2D eigenvalue weighted by Gasteiger charge is -2.48. The third kappa shape index (κ3) is 3.62. The van der Waals surface area contributed by atoms with E-state index < -0.39 is 0 Å². The first kappa shape index (κ1) is 15.8. The van der Waals surface area contributed by atoms with Gasteiger partial charge in [0.15, 0.2) is 0 Å². The summed E-state index contributed by atoms with van der Waals surface area (Å²) in [6.45, 7) is 4.53. The number of hydrogen-bond donors (Lipinski definition) is 2. The van der Waals surface area contributed by atoms with Gasteiger partial charge < -0.3 is 15.8 Å². The lowest BCUT2D eigenvalue weighted by Crippen LogP contribution is -2.58. The smallest absolute Gasteiger partial charge is 0.223 e. The number of rotatable bonds is 4. The van der Waals surface area contributed by atoms with E-state index in [1.54, 1.807) is 6.07 Å². The molecule has 1 saturated heterocycles. The van der Waals surface area contributed by atoms with Crippen LogP contribution in [-0.4, -0.2) is 53.3 Å². The van der Waals surface area contributed by atoms with Crippen molar-refractivity contribution in [2.75, 3.05) is 43.9 Å². The Kier molecular flexibility index (Phi) is 5.00. The van der Waals surface area contributed by atoms with E-state index in [4.69, 9.17) is 22.1 Å². The number of aromatic nitrogens is 2. The molecule has 3 N–H and O–H groups in total. The van der Waals surface area contributed by atoms with Crippen molar-refractivity contribution >= 4 is 23.4 Å². The third-order valence-corrected chi connectivity index (χ3v) is 4.97. The van der Waals surface area contributed by atoms with Gasteiger partial charge in [-0.05, 0) is 12.8 Å². The molecule has 1 saturated carbocycles. The zero-order valence-corrected chi connectivity index (χ0v) is 13.6. The van der Waals surface area contributed by atoms with Gasteiger partial charge in [0, 0.05) is 31.2 Å². The highest BCUT2D eigenvalue weighted by Crippen LogP contribution is 2.34. The summed E-state index contributed by atoms with van der Waals surface area (Å²) in [5.74, 6) is 0.912. The Bertz CT molecular complexity index is 480. The number of nitrogens with zero attached hydrogens (tertiary/aromatic N) is 3. The van der Waals surface area contributed by atoms with E-state index in [0.29, 0.717) is 11.0 Å². The number of nitrogens with two attached hydrogens (primary N) is 1. The van der Waals surface area contributed by atoms with Crippen LogP contribution >= 0.6 is 11.6 Å². The first-order chi connectivity index (χ1) is 10.7. The van der Waals surface area contributed by atoms with Crippen LogP contribution in [0.15, 0.2) is 6.07 Å². The highest BCUT2D eigenvalue weighted by atomic mass is 35.5. The van der Waals surface area contributed by atoms with Crippen molar-refractivity contribution in [1.29, 1.82) is 0 Å². The van der Waals surface area contributed by atoms with Crippen LogP contribution in [0.25, 0.3) is 0 Å². The van der Waals surface area contributed by atoms with Crippen molar-refractivity contribution < 1.29 is 4.74 Å². The molecule has 0 atom stereocenters. The van der Waals surface area contributed by atoms with Crippen LogP contribution in [0.2, 0.25) is 5.15 Å². The first-order valence-corrected chi connectivity index (χ1v) is 8.43. The van der Waals surface area contributed by atoms with Gasteiger partial charge in [-0.15, -0.1) is 0 Å². The number of morpholine rings is 1. The van der Waals surface area contributed by atoms with Gasteiger partial charge in [0.2, 0.25) is 5.95 Å². The Labute approximate surface area is 136 Å². The highest BCUT2D eigenvalue weighted by molar-refractivity contribution is 6.29. The number of ether oxygens (including phenoxy) is 1. The summed E-state index contributed by atoms with van der Waals surface area (Å²) in [6.07, 6.45) is 6.33. The Balaban J connectivity index is 1.72. The molecule has 0 spiro atoms. The van der Waals surface area contributed by atoms with Crippen molar-refractivity contribution in [2.24, 2.45) is 0 Å². The molecule has 6 nitrogen and oxygen atoms in total. The molecule has 3 rings (SSSR count). The Morgan fingerprint density at radius 1 is 1.23 bits per heavy atom. The number of anilines is 2. The van der Waals surface area contributed by atoms with Crippen LogP contribution in [0, 0.1) is 0 Å². The van der Waals surface area contributed by atoms with E-state index in [-0.39, 0.29) is 11.5 Å². The van der Waals surface area contributed by atoms with Gasteiger partial charge in [-0.25, -0.2) is 4.98 Å². The molecule has 1 aromatic heterocycles. The van der Waals surface area contributed by atoms with Crippen LogP contribution in [0.4, 0.5) is 11.8 Å². The fraction of sp³-hybridized carbons (Fsp3) is 0.733. The standard InChI is InChI=1S/C15H24ClN5O/c16-12-10-13(20-14(17)19-12)18-11-15(4-2-1-3-5-15)21-6-8-22-9-7-21/h10H,1-9,11H2,(H3,17,18,19,20). The first-order valence-electron chi connectivity index (χ1n) is 8.05. The van der Waals surface area contributed by atoms with E-state index in [1.165, 1.54) is 32.1 Å². The summed E-state index contributed by atoms with van der Waals surface area (Å²) >= 11 is 5.96. The van der Waals surface area contributed by atoms with E-state index in [2.05, 4.69) is 20.2 Å². The molecule has 0 bridgehead atoms. The fourth-order valence-corrected chi connectivity index (χ4v) is 3.82. The summed E-state index contributed by atoms with van der Waals surface area (Å²) in [5.41, 5.74) is 5.86. The van der Waals surface area contributed by atoms with Gasteiger partial charge in [0.25, 0.3) is 0 Å². The number of nitrogen functional groups attached to an aromatic ring is 1. The minimum atomic E-state index is 0.189.